The molecule has 1 aliphatic heterocycles. The van der Waals surface area contributed by atoms with Crippen LogP contribution in [0, 0.1) is 11.7 Å². The topological polar surface area (TPSA) is 117 Å². The van der Waals surface area contributed by atoms with E-state index >= 15 is 4.39 Å². The molecule has 1 aliphatic carbocycles. The Kier molecular flexibility index (Phi) is 11.0. The molecular weight excluding hydrogens is 501 g/mol. The minimum absolute atomic E-state index is 0.0360. The SMILES string of the molecule is COCCCC[C@@](O)(c1cccc(Cl)c1F)[C@H]1CN(C(=O)N[C@@](C)(C2CCCCC2)[C@@H](O)CN)CCO1. The minimum Gasteiger partial charge on any atom is -0.389 e. The molecule has 37 heavy (non-hydrogen) atoms. The van der Waals surface area contributed by atoms with E-state index < -0.39 is 29.2 Å². The van der Waals surface area contributed by atoms with Crippen LogP contribution in [-0.2, 0) is 15.1 Å². The first-order chi connectivity index (χ1) is 17.7. The average molecular weight is 544 g/mol. The molecule has 8 nitrogen and oxygen atoms in total. The lowest BCUT2D eigenvalue weighted by atomic mass is 9.72. The van der Waals surface area contributed by atoms with Crippen LogP contribution in [0.5, 0.6) is 0 Å². The van der Waals surface area contributed by atoms with Crippen LogP contribution >= 0.6 is 11.6 Å². The summed E-state index contributed by atoms with van der Waals surface area (Å²) in [6.45, 7) is 2.95. The van der Waals surface area contributed by atoms with E-state index in [2.05, 4.69) is 5.32 Å². The molecule has 3 rings (SSSR count). The first-order valence-corrected chi connectivity index (χ1v) is 13.8. The second kappa shape index (κ2) is 13.5. The lowest BCUT2D eigenvalue weighted by molar-refractivity contribution is -0.148. The van der Waals surface area contributed by atoms with Crippen molar-refractivity contribution in [2.24, 2.45) is 11.7 Å². The number of aliphatic hydroxyl groups is 2. The van der Waals surface area contributed by atoms with Gasteiger partial charge in [0.15, 0.2) is 0 Å². The predicted octanol–water partition coefficient (Wildman–Crippen LogP) is 3.55. The molecule has 10 heteroatoms. The Labute approximate surface area is 224 Å². The second-order valence-corrected chi connectivity index (χ2v) is 11.0. The lowest BCUT2D eigenvalue weighted by Gasteiger charge is -2.46. The monoisotopic (exact) mass is 543 g/mol. The van der Waals surface area contributed by atoms with Gasteiger partial charge in [0.25, 0.3) is 0 Å². The highest BCUT2D eigenvalue weighted by molar-refractivity contribution is 6.30. The van der Waals surface area contributed by atoms with Gasteiger partial charge in [0.05, 0.1) is 29.8 Å². The molecule has 2 amide bonds. The largest absolute Gasteiger partial charge is 0.389 e. The lowest BCUT2D eigenvalue weighted by Crippen LogP contribution is -2.65. The Bertz CT molecular complexity index is 890. The number of hydrogen-bond donors (Lipinski definition) is 4. The highest BCUT2D eigenvalue weighted by Crippen LogP contribution is 2.38. The van der Waals surface area contributed by atoms with Gasteiger partial charge >= 0.3 is 6.03 Å². The molecule has 1 saturated heterocycles. The van der Waals surface area contributed by atoms with Gasteiger partial charge in [-0.15, -0.1) is 0 Å². The molecule has 0 unspecified atom stereocenters. The Morgan fingerprint density at radius 1 is 1.35 bits per heavy atom. The molecule has 0 radical (unpaired) electrons. The van der Waals surface area contributed by atoms with E-state index in [4.69, 9.17) is 26.8 Å². The average Bonchev–Trinajstić information content (AvgIpc) is 2.92. The van der Waals surface area contributed by atoms with Crippen LogP contribution < -0.4 is 11.1 Å². The zero-order chi connectivity index (χ0) is 27.1. The molecule has 0 aromatic heterocycles. The van der Waals surface area contributed by atoms with Gasteiger partial charge in [0, 0.05) is 32.4 Å². The third-order valence-electron chi connectivity index (χ3n) is 8.21. The van der Waals surface area contributed by atoms with Crippen molar-refractivity contribution < 1.29 is 28.9 Å². The summed E-state index contributed by atoms with van der Waals surface area (Å²) in [6, 6.07) is 4.18. The summed E-state index contributed by atoms with van der Waals surface area (Å²) in [6.07, 6.45) is 4.75. The van der Waals surface area contributed by atoms with E-state index in [1.165, 1.54) is 12.1 Å². The fourth-order valence-corrected chi connectivity index (χ4v) is 5.96. The maximum absolute atomic E-state index is 15.1. The van der Waals surface area contributed by atoms with Crippen LogP contribution in [0.4, 0.5) is 9.18 Å². The molecule has 2 aliphatic rings. The van der Waals surface area contributed by atoms with Crippen LogP contribution in [0.3, 0.4) is 0 Å². The van der Waals surface area contributed by atoms with Gasteiger partial charge in [-0.05, 0) is 51.0 Å². The van der Waals surface area contributed by atoms with Crippen molar-refractivity contribution in [1.29, 1.82) is 0 Å². The van der Waals surface area contributed by atoms with Crippen LogP contribution in [0.15, 0.2) is 18.2 Å². The highest BCUT2D eigenvalue weighted by atomic mass is 35.5. The van der Waals surface area contributed by atoms with E-state index in [-0.39, 0.29) is 48.7 Å². The summed E-state index contributed by atoms with van der Waals surface area (Å²) in [5, 5.41) is 25.7. The summed E-state index contributed by atoms with van der Waals surface area (Å²) in [7, 11) is 1.60. The number of rotatable bonds is 11. The van der Waals surface area contributed by atoms with Gasteiger partial charge in [-0.2, -0.15) is 0 Å². The molecule has 1 aromatic rings. The van der Waals surface area contributed by atoms with Gasteiger partial charge in [0.2, 0.25) is 0 Å². The predicted molar refractivity (Wildman–Crippen MR) is 141 cm³/mol. The number of carbonyl (C=O) groups excluding carboxylic acids is 1. The zero-order valence-corrected chi connectivity index (χ0v) is 22.8. The van der Waals surface area contributed by atoms with Crippen molar-refractivity contribution in [2.45, 2.75) is 81.6 Å². The number of nitrogens with two attached hydrogens (primary N) is 1. The van der Waals surface area contributed by atoms with Gasteiger partial charge in [-0.25, -0.2) is 9.18 Å². The molecule has 1 heterocycles. The van der Waals surface area contributed by atoms with Gasteiger partial charge in [0.1, 0.15) is 17.5 Å². The number of unbranched alkanes of at least 4 members (excludes halogenated alkanes) is 1. The van der Waals surface area contributed by atoms with Crippen molar-refractivity contribution >= 4 is 17.6 Å². The van der Waals surface area contributed by atoms with E-state index in [1.54, 1.807) is 18.1 Å². The molecule has 1 saturated carbocycles. The number of aliphatic hydroxyl groups excluding tert-OH is 1. The first kappa shape index (κ1) is 30.1. The Morgan fingerprint density at radius 3 is 2.76 bits per heavy atom. The summed E-state index contributed by atoms with van der Waals surface area (Å²) < 4.78 is 26.2. The summed E-state index contributed by atoms with van der Waals surface area (Å²) in [5.41, 5.74) is 3.30. The van der Waals surface area contributed by atoms with Gasteiger partial charge < -0.3 is 35.6 Å². The number of morpholine rings is 1. The van der Waals surface area contributed by atoms with Crippen LogP contribution in [0.2, 0.25) is 5.02 Å². The standard InChI is InChI=1S/C27H43ClFN3O5/c1-26(22(33)17-30,19-9-4-3-5-10-19)31-25(34)32-14-16-37-23(18-32)27(35,13-6-7-15-36-2)20-11-8-12-21(28)24(20)29/h8,11-12,19,22-23,33,35H,3-7,9-10,13-18,30H2,1-2H3,(H,31,34)/t22-,23+,26-,27+/m0/s1. The molecule has 1 aromatic carbocycles. The molecule has 4 atom stereocenters. The van der Waals surface area contributed by atoms with Crippen LogP contribution in [0.25, 0.3) is 0 Å². The number of nitrogens with one attached hydrogen (secondary N) is 1. The summed E-state index contributed by atoms with van der Waals surface area (Å²) in [5.74, 6) is -0.585. The number of nitrogens with zero attached hydrogens (tertiary/aromatic N) is 1. The van der Waals surface area contributed by atoms with Gasteiger partial charge in [-0.3, -0.25) is 0 Å². The maximum atomic E-state index is 15.1. The van der Waals surface area contributed by atoms with E-state index in [0.717, 1.165) is 32.1 Å². The van der Waals surface area contributed by atoms with Crippen LogP contribution in [0.1, 0.15) is 63.9 Å². The Hall–Kier alpha value is -1.49. The molecule has 0 bridgehead atoms. The maximum Gasteiger partial charge on any atom is 0.318 e. The summed E-state index contributed by atoms with van der Waals surface area (Å²) >= 11 is 6.06. The number of carbonyl (C=O) groups is 1. The smallest absolute Gasteiger partial charge is 0.318 e. The van der Waals surface area contributed by atoms with Crippen molar-refractivity contribution in [3.05, 3.63) is 34.6 Å². The number of ether oxygens (including phenoxy) is 2. The van der Waals surface area contributed by atoms with E-state index in [0.29, 0.717) is 26.0 Å². The Morgan fingerprint density at radius 2 is 2.08 bits per heavy atom. The van der Waals surface area contributed by atoms with Crippen LogP contribution in [-0.4, -0.2) is 78.8 Å². The van der Waals surface area contributed by atoms with Crippen molar-refractivity contribution in [3.63, 3.8) is 0 Å². The third-order valence-corrected chi connectivity index (χ3v) is 8.50. The number of urea groups is 1. The first-order valence-electron chi connectivity index (χ1n) is 13.4. The van der Waals surface area contributed by atoms with Crippen molar-refractivity contribution in [3.8, 4) is 0 Å². The van der Waals surface area contributed by atoms with E-state index in [1.807, 2.05) is 6.92 Å². The Balaban J connectivity index is 1.82. The molecule has 210 valence electrons. The number of halogens is 2. The molecule has 2 fully saturated rings. The number of hydrogen-bond acceptors (Lipinski definition) is 6. The third kappa shape index (κ3) is 6.94. The summed E-state index contributed by atoms with van der Waals surface area (Å²) in [4.78, 5) is 15.1. The van der Waals surface area contributed by atoms with Crippen molar-refractivity contribution in [1.82, 2.24) is 10.2 Å². The number of amides is 2. The number of benzene rings is 1. The van der Waals surface area contributed by atoms with Crippen molar-refractivity contribution in [2.75, 3.05) is 40.0 Å². The fourth-order valence-electron chi connectivity index (χ4n) is 5.78. The zero-order valence-electron chi connectivity index (χ0n) is 22.1. The van der Waals surface area contributed by atoms with Gasteiger partial charge in [-0.1, -0.05) is 43.0 Å². The quantitative estimate of drug-likeness (QED) is 0.317. The molecule has 0 spiro atoms. The second-order valence-electron chi connectivity index (χ2n) is 10.6. The van der Waals surface area contributed by atoms with E-state index in [9.17, 15) is 15.0 Å². The molecular formula is C27H43ClFN3O5. The number of methoxy groups -OCH3 is 1. The highest BCUT2D eigenvalue weighted by Gasteiger charge is 2.46. The molecule has 5 N–H and O–H groups in total. The fraction of sp³-hybridized carbons (Fsp3) is 0.741. The normalized spacial score (nSPS) is 23.2. The minimum atomic E-state index is -1.70.